The van der Waals surface area contributed by atoms with Gasteiger partial charge in [-0.25, -0.2) is 4.98 Å². The number of nitrogens with zero attached hydrogens (tertiary/aromatic N) is 4. The van der Waals surface area contributed by atoms with E-state index in [1.807, 2.05) is 24.3 Å². The average Bonchev–Trinajstić information content (AvgIpc) is 2.74. The van der Waals surface area contributed by atoms with E-state index in [4.69, 9.17) is 23.2 Å². The fourth-order valence-electron chi connectivity index (χ4n) is 3.17. The molecule has 0 saturated carbocycles. The summed E-state index contributed by atoms with van der Waals surface area (Å²) >= 11 is 12.2. The van der Waals surface area contributed by atoms with Crippen LogP contribution in [0.4, 0.5) is 0 Å². The number of aromatic nitrogens is 2. The van der Waals surface area contributed by atoms with Crippen LogP contribution in [0.5, 0.6) is 0 Å². The number of benzene rings is 2. The predicted octanol–water partition coefficient (Wildman–Crippen LogP) is 3.53. The molecule has 4 rings (SSSR count). The SMILES string of the molecule is O=C(c1cnc2ccccc2n1)N1CCN(C(=O)c2cccc(Cl)c2Cl)CC1. The van der Waals surface area contributed by atoms with Crippen molar-refractivity contribution < 1.29 is 9.59 Å². The molecule has 0 N–H and O–H groups in total. The van der Waals surface area contributed by atoms with Gasteiger partial charge in [-0.2, -0.15) is 0 Å². The van der Waals surface area contributed by atoms with E-state index in [9.17, 15) is 9.59 Å². The normalized spacial score (nSPS) is 14.4. The summed E-state index contributed by atoms with van der Waals surface area (Å²) in [6.07, 6.45) is 1.49. The van der Waals surface area contributed by atoms with E-state index >= 15 is 0 Å². The Balaban J connectivity index is 1.45. The molecule has 8 heteroatoms. The molecule has 2 aromatic carbocycles. The van der Waals surface area contributed by atoms with Gasteiger partial charge in [-0.1, -0.05) is 41.4 Å². The van der Waals surface area contributed by atoms with Crippen LogP contribution >= 0.6 is 23.2 Å². The number of amides is 2. The number of carbonyl (C=O) groups is 2. The molecule has 1 aliphatic heterocycles. The Bertz CT molecular complexity index is 1070. The van der Waals surface area contributed by atoms with E-state index in [0.29, 0.717) is 48.0 Å². The molecule has 0 aliphatic carbocycles. The monoisotopic (exact) mass is 414 g/mol. The maximum atomic E-state index is 12.8. The Morgan fingerprint density at radius 2 is 1.46 bits per heavy atom. The van der Waals surface area contributed by atoms with Gasteiger partial charge in [-0.05, 0) is 24.3 Å². The molecule has 3 aromatic rings. The van der Waals surface area contributed by atoms with Crippen molar-refractivity contribution in [1.82, 2.24) is 19.8 Å². The van der Waals surface area contributed by atoms with E-state index in [1.165, 1.54) is 6.20 Å². The number of carbonyl (C=O) groups excluding carboxylic acids is 2. The molecule has 0 radical (unpaired) electrons. The van der Waals surface area contributed by atoms with Gasteiger partial charge in [0.05, 0.1) is 32.8 Å². The lowest BCUT2D eigenvalue weighted by Gasteiger charge is -2.34. The van der Waals surface area contributed by atoms with Crippen LogP contribution in [-0.4, -0.2) is 57.8 Å². The van der Waals surface area contributed by atoms with E-state index in [0.717, 1.165) is 5.52 Å². The van der Waals surface area contributed by atoms with Crippen LogP contribution in [-0.2, 0) is 0 Å². The van der Waals surface area contributed by atoms with Crippen molar-refractivity contribution in [3.63, 3.8) is 0 Å². The number of para-hydroxylation sites is 2. The smallest absolute Gasteiger partial charge is 0.274 e. The minimum absolute atomic E-state index is 0.189. The fourth-order valence-corrected chi connectivity index (χ4v) is 3.56. The standard InChI is InChI=1S/C20H16Cl2N4O2/c21-14-5-3-4-13(18(14)22)19(27)25-8-10-26(11-9-25)20(28)17-12-23-15-6-1-2-7-16(15)24-17/h1-7,12H,8-11H2. The number of halogens is 2. The largest absolute Gasteiger partial charge is 0.335 e. The molecular weight excluding hydrogens is 399 g/mol. The predicted molar refractivity (Wildman–Crippen MR) is 108 cm³/mol. The van der Waals surface area contributed by atoms with Gasteiger partial charge >= 0.3 is 0 Å². The lowest BCUT2D eigenvalue weighted by Crippen LogP contribution is -2.50. The molecule has 0 unspecified atom stereocenters. The molecule has 1 saturated heterocycles. The highest BCUT2D eigenvalue weighted by molar-refractivity contribution is 6.43. The summed E-state index contributed by atoms with van der Waals surface area (Å²) in [5, 5.41) is 0.593. The molecule has 0 bridgehead atoms. The summed E-state index contributed by atoms with van der Waals surface area (Å²) in [7, 11) is 0. The van der Waals surface area contributed by atoms with Gasteiger partial charge in [0.25, 0.3) is 11.8 Å². The molecule has 0 atom stereocenters. The van der Waals surface area contributed by atoms with Crippen LogP contribution < -0.4 is 0 Å². The van der Waals surface area contributed by atoms with Gasteiger partial charge in [0.1, 0.15) is 5.69 Å². The second kappa shape index (κ2) is 7.73. The molecule has 6 nitrogen and oxygen atoms in total. The average molecular weight is 415 g/mol. The van der Waals surface area contributed by atoms with Crippen LogP contribution in [0.2, 0.25) is 10.0 Å². The molecule has 0 spiro atoms. The van der Waals surface area contributed by atoms with Crippen LogP contribution in [0, 0.1) is 0 Å². The first-order valence-electron chi connectivity index (χ1n) is 8.79. The fraction of sp³-hybridized carbons (Fsp3) is 0.200. The zero-order valence-corrected chi connectivity index (χ0v) is 16.3. The van der Waals surface area contributed by atoms with E-state index < -0.39 is 0 Å². The molecule has 28 heavy (non-hydrogen) atoms. The summed E-state index contributed by atoms with van der Waals surface area (Å²) in [5.74, 6) is -0.378. The van der Waals surface area contributed by atoms with E-state index in [1.54, 1.807) is 28.0 Å². The highest BCUT2D eigenvalue weighted by Gasteiger charge is 2.27. The third kappa shape index (κ3) is 3.53. The third-order valence-electron chi connectivity index (χ3n) is 4.70. The maximum Gasteiger partial charge on any atom is 0.274 e. The summed E-state index contributed by atoms with van der Waals surface area (Å²) in [5.41, 5.74) is 2.09. The minimum atomic E-state index is -0.190. The van der Waals surface area contributed by atoms with Gasteiger partial charge in [-0.3, -0.25) is 14.6 Å². The maximum absolute atomic E-state index is 12.8. The molecule has 2 heterocycles. The van der Waals surface area contributed by atoms with Crippen molar-refractivity contribution in [2.75, 3.05) is 26.2 Å². The number of hydrogen-bond acceptors (Lipinski definition) is 4. The topological polar surface area (TPSA) is 66.4 Å². The number of piperazine rings is 1. The van der Waals surface area contributed by atoms with Gasteiger partial charge in [0.15, 0.2) is 0 Å². The van der Waals surface area contributed by atoms with Crippen molar-refractivity contribution >= 4 is 46.0 Å². The van der Waals surface area contributed by atoms with Crippen molar-refractivity contribution in [1.29, 1.82) is 0 Å². The van der Waals surface area contributed by atoms with Crippen LogP contribution in [0.1, 0.15) is 20.8 Å². The first-order valence-corrected chi connectivity index (χ1v) is 9.54. The van der Waals surface area contributed by atoms with Gasteiger partial charge < -0.3 is 9.80 Å². The Morgan fingerprint density at radius 3 is 2.18 bits per heavy atom. The molecule has 142 valence electrons. The highest BCUT2D eigenvalue weighted by Crippen LogP contribution is 2.27. The highest BCUT2D eigenvalue weighted by atomic mass is 35.5. The number of hydrogen-bond donors (Lipinski definition) is 0. The Hall–Kier alpha value is -2.70. The molecule has 1 aliphatic rings. The zero-order chi connectivity index (χ0) is 19.7. The Kier molecular flexibility index (Phi) is 5.15. The summed E-state index contributed by atoms with van der Waals surface area (Å²) in [4.78, 5) is 37.6. The summed E-state index contributed by atoms with van der Waals surface area (Å²) < 4.78 is 0. The Labute approximate surface area is 171 Å². The lowest BCUT2D eigenvalue weighted by molar-refractivity contribution is 0.0532. The van der Waals surface area contributed by atoms with Crippen LogP contribution in [0.25, 0.3) is 11.0 Å². The van der Waals surface area contributed by atoms with Crippen molar-refractivity contribution in [3.05, 3.63) is 70.0 Å². The van der Waals surface area contributed by atoms with Gasteiger partial charge in [-0.15, -0.1) is 0 Å². The second-order valence-corrected chi connectivity index (χ2v) is 7.21. The molecule has 1 aromatic heterocycles. The van der Waals surface area contributed by atoms with Gasteiger partial charge in [0.2, 0.25) is 0 Å². The second-order valence-electron chi connectivity index (χ2n) is 6.43. The van der Waals surface area contributed by atoms with Gasteiger partial charge in [0, 0.05) is 26.2 Å². The Morgan fingerprint density at radius 1 is 0.821 bits per heavy atom. The molecule has 1 fully saturated rings. The van der Waals surface area contributed by atoms with E-state index in [-0.39, 0.29) is 16.8 Å². The zero-order valence-electron chi connectivity index (χ0n) is 14.8. The first-order chi connectivity index (χ1) is 13.5. The van der Waals surface area contributed by atoms with Crippen molar-refractivity contribution in [2.24, 2.45) is 0 Å². The van der Waals surface area contributed by atoms with Crippen molar-refractivity contribution in [3.8, 4) is 0 Å². The number of fused-ring (bicyclic) bond motifs is 1. The molecule has 2 amide bonds. The first kappa shape index (κ1) is 18.7. The quantitative estimate of drug-likeness (QED) is 0.642. The molecular formula is C20H16Cl2N4O2. The lowest BCUT2D eigenvalue weighted by atomic mass is 10.1. The summed E-state index contributed by atoms with van der Waals surface area (Å²) in [6, 6.07) is 12.4. The van der Waals surface area contributed by atoms with Crippen LogP contribution in [0.15, 0.2) is 48.7 Å². The van der Waals surface area contributed by atoms with Crippen molar-refractivity contribution in [2.45, 2.75) is 0 Å². The van der Waals surface area contributed by atoms with E-state index in [2.05, 4.69) is 9.97 Å². The third-order valence-corrected chi connectivity index (χ3v) is 5.52. The minimum Gasteiger partial charge on any atom is -0.335 e. The van der Waals surface area contributed by atoms with Crippen LogP contribution in [0.3, 0.4) is 0 Å². The number of rotatable bonds is 2. The summed E-state index contributed by atoms with van der Waals surface area (Å²) in [6.45, 7) is 1.65.